The number of halogens is 1. The number of rotatable bonds is 4. The number of benzene rings is 1. The van der Waals surface area contributed by atoms with Crippen molar-refractivity contribution in [3.05, 3.63) is 28.3 Å². The van der Waals surface area contributed by atoms with Crippen LogP contribution in [0.2, 0.25) is 0 Å². The number of nitro groups is 1. The van der Waals surface area contributed by atoms with Gasteiger partial charge < -0.3 is 10.1 Å². The van der Waals surface area contributed by atoms with Gasteiger partial charge in [0.05, 0.1) is 16.9 Å². The molecule has 0 radical (unpaired) electrons. The second-order valence-electron chi connectivity index (χ2n) is 5.80. The van der Waals surface area contributed by atoms with Crippen molar-refractivity contribution in [1.82, 2.24) is 9.62 Å². The topological polar surface area (TPSA) is 102 Å². The van der Waals surface area contributed by atoms with E-state index in [2.05, 4.69) is 5.32 Å². The minimum atomic E-state index is -3.71. The summed E-state index contributed by atoms with van der Waals surface area (Å²) < 4.78 is 32.6. The van der Waals surface area contributed by atoms with Gasteiger partial charge in [-0.25, -0.2) is 8.42 Å². The average Bonchev–Trinajstić information content (AvgIpc) is 2.80. The molecule has 0 amide bonds. The van der Waals surface area contributed by atoms with E-state index in [4.69, 9.17) is 4.74 Å². The lowest BCUT2D eigenvalue weighted by molar-refractivity contribution is -0.385. The quantitative estimate of drug-likeness (QED) is 0.630. The third-order valence-corrected chi connectivity index (χ3v) is 6.51. The molecule has 1 aromatic rings. The van der Waals surface area contributed by atoms with Crippen molar-refractivity contribution in [2.24, 2.45) is 0 Å². The Bertz CT molecular complexity index is 713. The van der Waals surface area contributed by atoms with Gasteiger partial charge in [-0.1, -0.05) is 0 Å². The van der Waals surface area contributed by atoms with E-state index >= 15 is 0 Å². The highest BCUT2D eigenvalue weighted by Gasteiger charge is 2.43. The molecule has 2 saturated heterocycles. The number of hydrogen-bond donors (Lipinski definition) is 1. The molecule has 2 atom stereocenters. The minimum absolute atomic E-state index is 0. The van der Waals surface area contributed by atoms with Crippen molar-refractivity contribution in [3.63, 3.8) is 0 Å². The second-order valence-corrected chi connectivity index (χ2v) is 7.65. The number of ether oxygens (including phenoxy) is 1. The maximum atomic E-state index is 13.0. The largest absolute Gasteiger partial charge is 0.490 e. The maximum absolute atomic E-state index is 13.0. The Kier molecular flexibility index (Phi) is 5.69. The number of nitrogens with zero attached hydrogens (tertiary/aromatic N) is 2. The molecule has 10 heteroatoms. The molecule has 1 aromatic carbocycles. The number of sulfonamides is 1. The fraction of sp³-hybridized carbons (Fsp3) is 0.571. The van der Waals surface area contributed by atoms with E-state index < -0.39 is 14.9 Å². The van der Waals surface area contributed by atoms with Gasteiger partial charge in [-0.2, -0.15) is 4.31 Å². The van der Waals surface area contributed by atoms with Crippen LogP contribution >= 0.6 is 12.4 Å². The summed E-state index contributed by atoms with van der Waals surface area (Å²) in [5.74, 6) is -0.0450. The van der Waals surface area contributed by atoms with Crippen molar-refractivity contribution in [2.75, 3.05) is 20.2 Å². The van der Waals surface area contributed by atoms with Gasteiger partial charge in [0.25, 0.3) is 0 Å². The van der Waals surface area contributed by atoms with Crippen LogP contribution in [0, 0.1) is 10.1 Å². The van der Waals surface area contributed by atoms with Crippen LogP contribution < -0.4 is 10.1 Å². The Morgan fingerprint density at radius 2 is 2.00 bits per heavy atom. The summed E-state index contributed by atoms with van der Waals surface area (Å²) in [6.45, 7) is 1.44. The molecule has 2 unspecified atom stereocenters. The highest BCUT2D eigenvalue weighted by molar-refractivity contribution is 7.89. The Balaban J connectivity index is 0.00000208. The minimum Gasteiger partial charge on any atom is -0.490 e. The molecule has 2 fully saturated rings. The molecule has 8 nitrogen and oxygen atoms in total. The van der Waals surface area contributed by atoms with Gasteiger partial charge in [0.2, 0.25) is 10.0 Å². The lowest BCUT2D eigenvalue weighted by Gasteiger charge is -2.27. The van der Waals surface area contributed by atoms with Crippen LogP contribution in [0.3, 0.4) is 0 Å². The zero-order chi connectivity index (χ0) is 16.6. The Labute approximate surface area is 146 Å². The molecule has 2 aliphatic heterocycles. The summed E-state index contributed by atoms with van der Waals surface area (Å²) in [5, 5.41) is 14.2. The Hall–Kier alpha value is -1.42. The molecule has 0 saturated carbocycles. The first kappa shape index (κ1) is 18.9. The monoisotopic (exact) mass is 377 g/mol. The highest BCUT2D eigenvalue weighted by Crippen LogP contribution is 2.36. The zero-order valence-corrected chi connectivity index (χ0v) is 14.8. The number of hydrogen-bond acceptors (Lipinski definition) is 6. The fourth-order valence-corrected chi connectivity index (χ4v) is 5.34. The summed E-state index contributed by atoms with van der Waals surface area (Å²) in [5.41, 5.74) is -0.244. The SMILES string of the molecule is COc1cc(S(=O)(=O)N2C3CCNCC2CC3)ccc1[N+](=O)[O-].Cl. The third-order valence-electron chi connectivity index (χ3n) is 4.51. The molecule has 2 bridgehead atoms. The van der Waals surface area contributed by atoms with E-state index in [-0.39, 0.29) is 40.8 Å². The number of nitro benzene ring substituents is 1. The summed E-state index contributed by atoms with van der Waals surface area (Å²) in [6, 6.07) is 3.64. The standard InChI is InChI=1S/C14H19N3O5S.ClH/c1-22-14-8-12(4-5-13(14)17(18)19)23(20,21)16-10-2-3-11(16)9-15-7-6-10;/h4-5,8,10-11,15H,2-3,6-7,9H2,1H3;1H. The van der Waals surface area contributed by atoms with Gasteiger partial charge in [-0.05, 0) is 31.9 Å². The normalized spacial score (nSPS) is 24.0. The van der Waals surface area contributed by atoms with Gasteiger partial charge in [0.15, 0.2) is 5.75 Å². The van der Waals surface area contributed by atoms with Crippen LogP contribution in [0.1, 0.15) is 19.3 Å². The number of nitrogens with one attached hydrogen (secondary N) is 1. The van der Waals surface area contributed by atoms with Crippen LogP contribution in [0.25, 0.3) is 0 Å². The maximum Gasteiger partial charge on any atom is 0.310 e. The first-order valence-corrected chi connectivity index (χ1v) is 8.96. The predicted octanol–water partition coefficient (Wildman–Crippen LogP) is 1.54. The summed E-state index contributed by atoms with van der Waals surface area (Å²) in [7, 11) is -2.42. The van der Waals surface area contributed by atoms with E-state index in [1.165, 1.54) is 25.3 Å². The summed E-state index contributed by atoms with van der Waals surface area (Å²) in [4.78, 5) is 10.4. The lowest BCUT2D eigenvalue weighted by Crippen LogP contribution is -2.42. The fourth-order valence-electron chi connectivity index (χ4n) is 3.42. The lowest BCUT2D eigenvalue weighted by atomic mass is 10.1. The number of methoxy groups -OCH3 is 1. The van der Waals surface area contributed by atoms with Crippen LogP contribution in [0.4, 0.5) is 5.69 Å². The van der Waals surface area contributed by atoms with Crippen molar-refractivity contribution in [3.8, 4) is 5.75 Å². The van der Waals surface area contributed by atoms with Crippen LogP contribution in [-0.2, 0) is 10.0 Å². The summed E-state index contributed by atoms with van der Waals surface area (Å²) >= 11 is 0. The highest BCUT2D eigenvalue weighted by atomic mass is 35.5. The molecule has 0 aliphatic carbocycles. The molecular formula is C14H20ClN3O5S. The molecule has 0 aromatic heterocycles. The van der Waals surface area contributed by atoms with E-state index in [1.54, 1.807) is 4.31 Å². The van der Waals surface area contributed by atoms with Crippen molar-refractivity contribution in [2.45, 2.75) is 36.2 Å². The van der Waals surface area contributed by atoms with E-state index in [9.17, 15) is 18.5 Å². The van der Waals surface area contributed by atoms with Crippen LogP contribution in [0.5, 0.6) is 5.75 Å². The smallest absolute Gasteiger partial charge is 0.310 e. The van der Waals surface area contributed by atoms with Gasteiger partial charge in [-0.15, -0.1) is 12.4 Å². The summed E-state index contributed by atoms with van der Waals surface area (Å²) in [6.07, 6.45) is 2.47. The molecule has 1 N–H and O–H groups in total. The van der Waals surface area contributed by atoms with Gasteiger partial charge in [-0.3, -0.25) is 10.1 Å². The van der Waals surface area contributed by atoms with Gasteiger partial charge >= 0.3 is 5.69 Å². The van der Waals surface area contributed by atoms with Crippen LogP contribution in [-0.4, -0.2) is 49.9 Å². The Morgan fingerprint density at radius 3 is 2.67 bits per heavy atom. The molecule has 3 rings (SSSR count). The Morgan fingerprint density at radius 1 is 1.29 bits per heavy atom. The molecule has 0 spiro atoms. The van der Waals surface area contributed by atoms with Crippen molar-refractivity contribution in [1.29, 1.82) is 0 Å². The third kappa shape index (κ3) is 3.21. The van der Waals surface area contributed by atoms with Crippen LogP contribution in [0.15, 0.2) is 23.1 Å². The van der Waals surface area contributed by atoms with E-state index in [0.29, 0.717) is 6.54 Å². The average molecular weight is 378 g/mol. The molecular weight excluding hydrogens is 358 g/mol. The first-order chi connectivity index (χ1) is 10.9. The van der Waals surface area contributed by atoms with Gasteiger partial charge in [0.1, 0.15) is 0 Å². The van der Waals surface area contributed by atoms with E-state index in [0.717, 1.165) is 25.8 Å². The molecule has 2 aliphatic rings. The zero-order valence-electron chi connectivity index (χ0n) is 13.2. The predicted molar refractivity (Wildman–Crippen MR) is 90.2 cm³/mol. The van der Waals surface area contributed by atoms with Crippen molar-refractivity contribution < 1.29 is 18.1 Å². The van der Waals surface area contributed by atoms with E-state index in [1.807, 2.05) is 0 Å². The first-order valence-electron chi connectivity index (χ1n) is 7.52. The van der Waals surface area contributed by atoms with Crippen molar-refractivity contribution >= 4 is 28.1 Å². The van der Waals surface area contributed by atoms with Gasteiger partial charge in [0, 0.05) is 30.8 Å². The molecule has 2 heterocycles. The molecule has 24 heavy (non-hydrogen) atoms. The number of fused-ring (bicyclic) bond motifs is 2. The molecule has 134 valence electrons. The second kappa shape index (κ2) is 7.22.